The second kappa shape index (κ2) is 5.84. The average molecular weight is 263 g/mol. The molecule has 0 aliphatic rings. The van der Waals surface area contributed by atoms with Crippen LogP contribution >= 0.6 is 0 Å². The van der Waals surface area contributed by atoms with Crippen LogP contribution in [-0.2, 0) is 0 Å². The molecule has 0 aliphatic heterocycles. The number of hydrogen-bond donors (Lipinski definition) is 2. The van der Waals surface area contributed by atoms with Crippen LogP contribution in [0.25, 0.3) is 0 Å². The normalized spacial score (nSPS) is 14.1. The molecule has 5 heteroatoms. The van der Waals surface area contributed by atoms with Crippen molar-refractivity contribution in [2.24, 2.45) is 0 Å². The number of benzene rings is 1. The summed E-state index contributed by atoms with van der Waals surface area (Å²) in [5, 5.41) is 3.40. The fourth-order valence-electron chi connectivity index (χ4n) is 2.01. The molecule has 0 radical (unpaired) electrons. The highest BCUT2D eigenvalue weighted by Crippen LogP contribution is 2.24. The molecule has 0 saturated heterocycles. The highest BCUT2D eigenvalue weighted by molar-refractivity contribution is 5.32. The summed E-state index contributed by atoms with van der Waals surface area (Å²) in [7, 11) is 1.46. The fourth-order valence-corrected chi connectivity index (χ4v) is 2.01. The van der Waals surface area contributed by atoms with E-state index in [0.29, 0.717) is 0 Å². The van der Waals surface area contributed by atoms with Crippen LogP contribution in [0.15, 0.2) is 30.6 Å². The second-order valence-corrected chi connectivity index (χ2v) is 4.48. The van der Waals surface area contributed by atoms with E-state index < -0.39 is 0 Å². The van der Waals surface area contributed by atoms with E-state index in [4.69, 9.17) is 4.74 Å². The van der Waals surface area contributed by atoms with E-state index in [0.717, 1.165) is 11.4 Å². The van der Waals surface area contributed by atoms with Crippen molar-refractivity contribution in [3.05, 3.63) is 47.8 Å². The summed E-state index contributed by atoms with van der Waals surface area (Å²) in [5.41, 5.74) is 0.969. The minimum atomic E-state index is -0.350. The quantitative estimate of drug-likeness (QED) is 0.872. The molecule has 0 spiro atoms. The van der Waals surface area contributed by atoms with Crippen molar-refractivity contribution >= 4 is 0 Å². The summed E-state index contributed by atoms with van der Waals surface area (Å²) in [6.45, 7) is 4.04. The van der Waals surface area contributed by atoms with Gasteiger partial charge in [0.2, 0.25) is 0 Å². The van der Waals surface area contributed by atoms with E-state index in [1.807, 2.05) is 13.8 Å². The van der Waals surface area contributed by atoms with Crippen LogP contribution in [0.2, 0.25) is 0 Å². The zero-order valence-electron chi connectivity index (χ0n) is 11.3. The van der Waals surface area contributed by atoms with Crippen molar-refractivity contribution in [3.8, 4) is 5.75 Å². The Bertz CT molecular complexity index is 527. The van der Waals surface area contributed by atoms with Gasteiger partial charge in [0, 0.05) is 18.4 Å². The molecule has 102 valence electrons. The lowest BCUT2D eigenvalue weighted by atomic mass is 10.1. The minimum Gasteiger partial charge on any atom is -0.494 e. The van der Waals surface area contributed by atoms with Gasteiger partial charge in [0.25, 0.3) is 0 Å². The number of halogens is 1. The predicted octanol–water partition coefficient (Wildman–Crippen LogP) is 2.97. The number of methoxy groups -OCH3 is 1. The lowest BCUT2D eigenvalue weighted by molar-refractivity contribution is 0.384. The van der Waals surface area contributed by atoms with Gasteiger partial charge >= 0.3 is 0 Å². The van der Waals surface area contributed by atoms with E-state index in [1.165, 1.54) is 13.2 Å². The zero-order chi connectivity index (χ0) is 13.8. The van der Waals surface area contributed by atoms with E-state index in [9.17, 15) is 4.39 Å². The van der Waals surface area contributed by atoms with Crippen molar-refractivity contribution < 1.29 is 9.13 Å². The predicted molar refractivity (Wildman–Crippen MR) is 71.5 cm³/mol. The standard InChI is InChI=1S/C14H18FN3O/c1-9(18-10(2)14-16-6-7-17-14)11-4-5-12(15)13(8-11)19-3/h4-10,18H,1-3H3,(H,16,17). The van der Waals surface area contributed by atoms with E-state index in [1.54, 1.807) is 24.5 Å². The molecule has 0 bridgehead atoms. The Balaban J connectivity index is 2.09. The number of imidazole rings is 1. The number of nitrogens with zero attached hydrogens (tertiary/aromatic N) is 1. The fraction of sp³-hybridized carbons (Fsp3) is 0.357. The molecule has 1 aromatic carbocycles. The third kappa shape index (κ3) is 3.12. The zero-order valence-corrected chi connectivity index (χ0v) is 11.3. The molecule has 2 N–H and O–H groups in total. The molecule has 1 aromatic heterocycles. The maximum absolute atomic E-state index is 13.4. The molecule has 2 atom stereocenters. The van der Waals surface area contributed by atoms with Crippen molar-refractivity contribution in [2.75, 3.05) is 7.11 Å². The highest BCUT2D eigenvalue weighted by Gasteiger charge is 2.14. The van der Waals surface area contributed by atoms with Gasteiger partial charge in [0.15, 0.2) is 11.6 Å². The second-order valence-electron chi connectivity index (χ2n) is 4.48. The Hall–Kier alpha value is -1.88. The molecule has 0 aliphatic carbocycles. The van der Waals surface area contributed by atoms with Gasteiger partial charge < -0.3 is 15.0 Å². The number of ether oxygens (including phenoxy) is 1. The molecular weight excluding hydrogens is 245 g/mol. The van der Waals surface area contributed by atoms with Crippen LogP contribution in [0.5, 0.6) is 5.75 Å². The van der Waals surface area contributed by atoms with Gasteiger partial charge in [-0.1, -0.05) is 6.07 Å². The van der Waals surface area contributed by atoms with Crippen LogP contribution in [-0.4, -0.2) is 17.1 Å². The summed E-state index contributed by atoms with van der Waals surface area (Å²) in [4.78, 5) is 7.28. The van der Waals surface area contributed by atoms with E-state index >= 15 is 0 Å². The molecule has 2 rings (SSSR count). The third-order valence-electron chi connectivity index (χ3n) is 3.10. The lowest BCUT2D eigenvalue weighted by Gasteiger charge is -2.19. The number of H-pyrrole nitrogens is 1. The Labute approximate surface area is 112 Å². The molecule has 0 saturated carbocycles. The monoisotopic (exact) mass is 263 g/mol. The van der Waals surface area contributed by atoms with Crippen molar-refractivity contribution in [1.29, 1.82) is 0 Å². The molecule has 2 aromatic rings. The van der Waals surface area contributed by atoms with Crippen LogP contribution in [0, 0.1) is 5.82 Å². The summed E-state index contributed by atoms with van der Waals surface area (Å²) in [6.07, 6.45) is 3.51. The maximum atomic E-state index is 13.4. The van der Waals surface area contributed by atoms with Crippen molar-refractivity contribution in [3.63, 3.8) is 0 Å². The molecule has 4 nitrogen and oxygen atoms in total. The van der Waals surface area contributed by atoms with Gasteiger partial charge in [-0.2, -0.15) is 0 Å². The Kier molecular flexibility index (Phi) is 4.16. The van der Waals surface area contributed by atoms with Gasteiger partial charge in [0.05, 0.1) is 13.2 Å². The number of aromatic nitrogens is 2. The summed E-state index contributed by atoms with van der Waals surface area (Å²) < 4.78 is 18.4. The van der Waals surface area contributed by atoms with Gasteiger partial charge in [-0.15, -0.1) is 0 Å². The molecule has 1 heterocycles. The Morgan fingerprint density at radius 3 is 2.74 bits per heavy atom. The topological polar surface area (TPSA) is 49.9 Å². The number of rotatable bonds is 5. The van der Waals surface area contributed by atoms with Gasteiger partial charge in [0.1, 0.15) is 5.82 Å². The maximum Gasteiger partial charge on any atom is 0.165 e. The van der Waals surface area contributed by atoms with E-state index in [-0.39, 0.29) is 23.7 Å². The number of nitrogens with one attached hydrogen (secondary N) is 2. The number of aromatic amines is 1. The molecule has 0 fully saturated rings. The number of hydrogen-bond acceptors (Lipinski definition) is 3. The average Bonchev–Trinajstić information content (AvgIpc) is 2.93. The first-order valence-corrected chi connectivity index (χ1v) is 6.20. The largest absolute Gasteiger partial charge is 0.494 e. The van der Waals surface area contributed by atoms with Crippen molar-refractivity contribution in [1.82, 2.24) is 15.3 Å². The molecule has 19 heavy (non-hydrogen) atoms. The van der Waals surface area contributed by atoms with Crippen LogP contribution in [0.1, 0.15) is 37.3 Å². The van der Waals surface area contributed by atoms with Crippen LogP contribution in [0.3, 0.4) is 0 Å². The first kappa shape index (κ1) is 13.5. The van der Waals surface area contributed by atoms with Gasteiger partial charge in [-0.05, 0) is 31.5 Å². The molecular formula is C14H18FN3O. The van der Waals surface area contributed by atoms with E-state index in [2.05, 4.69) is 15.3 Å². The summed E-state index contributed by atoms with van der Waals surface area (Å²) >= 11 is 0. The Morgan fingerprint density at radius 1 is 1.32 bits per heavy atom. The molecule has 0 amide bonds. The minimum absolute atomic E-state index is 0.0644. The summed E-state index contributed by atoms with van der Waals surface area (Å²) in [5.74, 6) is 0.787. The highest BCUT2D eigenvalue weighted by atomic mass is 19.1. The first-order valence-electron chi connectivity index (χ1n) is 6.20. The van der Waals surface area contributed by atoms with Crippen LogP contribution < -0.4 is 10.1 Å². The smallest absolute Gasteiger partial charge is 0.165 e. The summed E-state index contributed by atoms with van der Waals surface area (Å²) in [6, 6.07) is 5.03. The van der Waals surface area contributed by atoms with Gasteiger partial charge in [-0.25, -0.2) is 9.37 Å². The van der Waals surface area contributed by atoms with Crippen molar-refractivity contribution in [2.45, 2.75) is 25.9 Å². The lowest BCUT2D eigenvalue weighted by Crippen LogP contribution is -2.23. The first-order chi connectivity index (χ1) is 9.11. The SMILES string of the molecule is COc1cc(C(C)NC(C)c2ncc[nH]2)ccc1F. The molecule has 2 unspecified atom stereocenters. The third-order valence-corrected chi connectivity index (χ3v) is 3.10. The van der Waals surface area contributed by atoms with Gasteiger partial charge in [-0.3, -0.25) is 0 Å². The Morgan fingerprint density at radius 2 is 2.11 bits per heavy atom. The van der Waals surface area contributed by atoms with Crippen LogP contribution in [0.4, 0.5) is 4.39 Å².